The van der Waals surface area contributed by atoms with Crippen LogP contribution in [-0.2, 0) is 24.4 Å². The summed E-state index contributed by atoms with van der Waals surface area (Å²) >= 11 is 7.09. The SMILES string of the molecule is O=C(Nn1cnnc1)[C@@H]1CCCN1C(=O)CN1CCC[C@H](NS(=O)(=O)/C=C/c2ccc(Cl)s2)C1=O. The predicted molar refractivity (Wildman–Crippen MR) is 129 cm³/mol. The first-order valence-electron chi connectivity index (χ1n) is 10.9. The third-order valence-corrected chi connectivity index (χ3v) is 8.01. The molecule has 0 aromatic carbocycles. The molecule has 2 aromatic rings. The maximum Gasteiger partial charge on any atom is 0.261 e. The first-order chi connectivity index (χ1) is 16.7. The molecular formula is C20H24ClN7O5S2. The molecule has 2 aliphatic heterocycles. The molecule has 2 saturated heterocycles. The van der Waals surface area contributed by atoms with Crippen molar-refractivity contribution < 1.29 is 22.8 Å². The van der Waals surface area contributed by atoms with Gasteiger partial charge in [0.05, 0.1) is 10.9 Å². The number of halogens is 1. The van der Waals surface area contributed by atoms with E-state index in [4.69, 9.17) is 11.6 Å². The van der Waals surface area contributed by atoms with Crippen molar-refractivity contribution in [2.75, 3.05) is 25.1 Å². The van der Waals surface area contributed by atoms with E-state index in [2.05, 4.69) is 20.3 Å². The van der Waals surface area contributed by atoms with Crippen molar-refractivity contribution in [2.45, 2.75) is 37.8 Å². The number of rotatable bonds is 8. The van der Waals surface area contributed by atoms with Crippen LogP contribution in [0.2, 0.25) is 4.34 Å². The Morgan fingerprint density at radius 3 is 2.63 bits per heavy atom. The average molecular weight is 542 g/mol. The van der Waals surface area contributed by atoms with Gasteiger partial charge in [-0.1, -0.05) is 11.6 Å². The van der Waals surface area contributed by atoms with E-state index in [0.717, 1.165) is 5.41 Å². The van der Waals surface area contributed by atoms with Crippen LogP contribution in [-0.4, -0.2) is 82.5 Å². The van der Waals surface area contributed by atoms with Crippen LogP contribution in [0.15, 0.2) is 30.2 Å². The van der Waals surface area contributed by atoms with Crippen LogP contribution in [0.1, 0.15) is 30.6 Å². The highest BCUT2D eigenvalue weighted by atomic mass is 35.5. The zero-order valence-corrected chi connectivity index (χ0v) is 20.9. The average Bonchev–Trinajstić information content (AvgIpc) is 3.57. The quantitative estimate of drug-likeness (QED) is 0.498. The van der Waals surface area contributed by atoms with E-state index in [1.807, 2.05) is 0 Å². The Hall–Kier alpha value is -2.81. The lowest BCUT2D eigenvalue weighted by Crippen LogP contribution is -2.55. The van der Waals surface area contributed by atoms with Crippen molar-refractivity contribution >= 4 is 56.8 Å². The van der Waals surface area contributed by atoms with E-state index in [0.29, 0.717) is 48.0 Å². The van der Waals surface area contributed by atoms with Gasteiger partial charge in [-0.2, -0.15) is 4.72 Å². The van der Waals surface area contributed by atoms with E-state index in [-0.39, 0.29) is 18.4 Å². The second-order valence-corrected chi connectivity index (χ2v) is 11.5. The Bertz CT molecular complexity index is 1210. The summed E-state index contributed by atoms with van der Waals surface area (Å²) in [5, 5.41) is 8.23. The molecule has 0 radical (unpaired) electrons. The van der Waals surface area contributed by atoms with Gasteiger partial charge in [-0.15, -0.1) is 21.5 Å². The molecule has 0 saturated carbocycles. The lowest BCUT2D eigenvalue weighted by Gasteiger charge is -2.33. The van der Waals surface area contributed by atoms with Gasteiger partial charge in [0.2, 0.25) is 21.8 Å². The fourth-order valence-corrected chi connectivity index (χ4v) is 6.14. The molecule has 3 amide bonds. The maximum atomic E-state index is 13.0. The van der Waals surface area contributed by atoms with Crippen molar-refractivity contribution in [1.29, 1.82) is 0 Å². The third kappa shape index (κ3) is 6.45. The van der Waals surface area contributed by atoms with Crippen LogP contribution >= 0.6 is 22.9 Å². The first-order valence-corrected chi connectivity index (χ1v) is 13.7. The summed E-state index contributed by atoms with van der Waals surface area (Å²) < 4.78 is 29.2. The molecule has 4 heterocycles. The predicted octanol–water partition coefficient (Wildman–Crippen LogP) is 0.635. The van der Waals surface area contributed by atoms with Gasteiger partial charge in [0.25, 0.3) is 5.91 Å². The molecule has 188 valence electrons. The van der Waals surface area contributed by atoms with Crippen LogP contribution < -0.4 is 10.1 Å². The zero-order chi connectivity index (χ0) is 25.0. The maximum absolute atomic E-state index is 13.0. The van der Waals surface area contributed by atoms with E-state index >= 15 is 0 Å². The van der Waals surface area contributed by atoms with E-state index in [1.54, 1.807) is 12.1 Å². The number of hydrogen-bond acceptors (Lipinski definition) is 8. The van der Waals surface area contributed by atoms with Crippen LogP contribution in [0.4, 0.5) is 0 Å². The minimum atomic E-state index is -3.89. The van der Waals surface area contributed by atoms with Crippen LogP contribution in [0.5, 0.6) is 0 Å². The van der Waals surface area contributed by atoms with Crippen molar-refractivity contribution in [3.63, 3.8) is 0 Å². The molecule has 0 aliphatic carbocycles. The number of hydrogen-bond donors (Lipinski definition) is 2. The fraction of sp³-hybridized carbons (Fsp3) is 0.450. The Morgan fingerprint density at radius 2 is 1.91 bits per heavy atom. The molecule has 0 bridgehead atoms. The molecule has 2 aliphatic rings. The fourth-order valence-electron chi connectivity index (χ4n) is 4.07. The number of nitrogens with one attached hydrogen (secondary N) is 2. The van der Waals surface area contributed by atoms with Crippen LogP contribution in [0.3, 0.4) is 0 Å². The second kappa shape index (κ2) is 10.8. The summed E-state index contributed by atoms with van der Waals surface area (Å²) in [6, 6.07) is 1.71. The monoisotopic (exact) mass is 541 g/mol. The molecule has 0 unspecified atom stereocenters. The summed E-state index contributed by atoms with van der Waals surface area (Å²) in [6.45, 7) is 0.503. The van der Waals surface area contributed by atoms with Gasteiger partial charge in [0, 0.05) is 23.4 Å². The number of nitrogens with zero attached hydrogens (tertiary/aromatic N) is 5. The van der Waals surface area contributed by atoms with Gasteiger partial charge in [0.1, 0.15) is 24.7 Å². The Labute approximate surface area is 211 Å². The summed E-state index contributed by atoms with van der Waals surface area (Å²) in [5.74, 6) is -1.20. The lowest BCUT2D eigenvalue weighted by molar-refractivity contribution is -0.144. The van der Waals surface area contributed by atoms with Gasteiger partial charge in [0.15, 0.2) is 0 Å². The van der Waals surface area contributed by atoms with Crippen LogP contribution in [0.25, 0.3) is 6.08 Å². The molecule has 2 aromatic heterocycles. The highest BCUT2D eigenvalue weighted by molar-refractivity contribution is 7.92. The van der Waals surface area contributed by atoms with Crippen molar-refractivity contribution in [2.24, 2.45) is 0 Å². The Kier molecular flexibility index (Phi) is 7.84. The molecule has 2 atom stereocenters. The number of thiophene rings is 1. The van der Waals surface area contributed by atoms with Crippen molar-refractivity contribution in [3.8, 4) is 0 Å². The Balaban J connectivity index is 1.35. The second-order valence-electron chi connectivity index (χ2n) is 8.15. The van der Waals surface area contributed by atoms with Crippen molar-refractivity contribution in [3.05, 3.63) is 39.4 Å². The van der Waals surface area contributed by atoms with E-state index in [1.165, 1.54) is 44.5 Å². The number of likely N-dealkylation sites (tertiary alicyclic amines) is 2. The van der Waals surface area contributed by atoms with E-state index < -0.39 is 28.0 Å². The zero-order valence-electron chi connectivity index (χ0n) is 18.5. The molecular weight excluding hydrogens is 518 g/mol. The first kappa shape index (κ1) is 25.3. The lowest BCUT2D eigenvalue weighted by atomic mass is 10.1. The summed E-state index contributed by atoms with van der Waals surface area (Å²) in [5.41, 5.74) is 2.61. The van der Waals surface area contributed by atoms with Gasteiger partial charge in [-0.25, -0.2) is 13.1 Å². The molecule has 12 nitrogen and oxygen atoms in total. The largest absolute Gasteiger partial charge is 0.332 e. The van der Waals surface area contributed by atoms with Gasteiger partial charge in [-0.05, 0) is 43.9 Å². The number of amides is 3. The molecule has 4 rings (SSSR count). The summed E-state index contributed by atoms with van der Waals surface area (Å²) in [6.07, 6.45) is 6.09. The molecule has 35 heavy (non-hydrogen) atoms. The molecule has 2 N–H and O–H groups in total. The van der Waals surface area contributed by atoms with Crippen molar-refractivity contribution in [1.82, 2.24) is 29.4 Å². The van der Waals surface area contributed by atoms with Gasteiger partial charge < -0.3 is 9.80 Å². The van der Waals surface area contributed by atoms with Crippen LogP contribution in [0, 0.1) is 0 Å². The third-order valence-electron chi connectivity index (χ3n) is 5.70. The highest BCUT2D eigenvalue weighted by Gasteiger charge is 2.37. The molecule has 15 heteroatoms. The Morgan fingerprint density at radius 1 is 1.17 bits per heavy atom. The summed E-state index contributed by atoms with van der Waals surface area (Å²) in [4.78, 5) is 42.0. The minimum absolute atomic E-state index is 0.225. The number of piperidine rings is 1. The molecule has 0 spiro atoms. The standard InChI is InChI=1S/C20H24ClN7O5S2/c21-17-6-5-14(34-17)7-10-35(32,33)25-15-3-1-8-26(20(15)31)11-18(29)28-9-2-4-16(28)19(30)24-27-12-22-23-13-27/h5-7,10,12-13,15-16,25H,1-4,8-9,11H2,(H,24,30)/b10-7+/t15-,16-/m0/s1. The number of sulfonamides is 1. The topological polar surface area (TPSA) is 147 Å². The highest BCUT2D eigenvalue weighted by Crippen LogP contribution is 2.23. The smallest absolute Gasteiger partial charge is 0.261 e. The van der Waals surface area contributed by atoms with Gasteiger partial charge in [-0.3, -0.25) is 19.8 Å². The number of carbonyl (C=O) groups is 3. The number of aromatic nitrogens is 3. The minimum Gasteiger partial charge on any atom is -0.332 e. The van der Waals surface area contributed by atoms with Gasteiger partial charge >= 0.3 is 0 Å². The number of carbonyl (C=O) groups excluding carboxylic acids is 3. The van der Waals surface area contributed by atoms with E-state index in [9.17, 15) is 22.8 Å². The normalized spacial score (nSPS) is 21.1. The molecule has 2 fully saturated rings. The summed E-state index contributed by atoms with van der Waals surface area (Å²) in [7, 11) is -3.89.